The van der Waals surface area contributed by atoms with Gasteiger partial charge in [-0.05, 0) is 31.0 Å². The number of piperidine rings is 1. The lowest BCUT2D eigenvalue weighted by Gasteiger charge is -2.34. The minimum Gasteiger partial charge on any atom is -0.271 e. The van der Waals surface area contributed by atoms with Crippen molar-refractivity contribution < 1.29 is 17.2 Å². The number of nitrogens with zero attached hydrogens (tertiary/aromatic N) is 3. The van der Waals surface area contributed by atoms with Crippen LogP contribution in [0.15, 0.2) is 35.4 Å². The highest BCUT2D eigenvalue weighted by Crippen LogP contribution is 2.35. The molecule has 3 rings (SSSR count). The van der Waals surface area contributed by atoms with E-state index in [1.807, 2.05) is 0 Å². The highest BCUT2D eigenvalue weighted by atomic mass is 32.2. The van der Waals surface area contributed by atoms with E-state index >= 15 is 0 Å². The minimum atomic E-state index is -4.05. The van der Waals surface area contributed by atoms with E-state index in [0.29, 0.717) is 25.5 Å². The van der Waals surface area contributed by atoms with Gasteiger partial charge >= 0.3 is 0 Å². The van der Waals surface area contributed by atoms with Crippen LogP contribution in [0.5, 0.6) is 0 Å². The molecule has 0 saturated carbocycles. The molecule has 0 spiro atoms. The Labute approximate surface area is 133 Å². The zero-order valence-corrected chi connectivity index (χ0v) is 13.4. The van der Waals surface area contributed by atoms with E-state index in [9.17, 15) is 17.2 Å². The number of hydrogen-bond donors (Lipinski definition) is 0. The summed E-state index contributed by atoms with van der Waals surface area (Å²) in [7, 11) is -2.31. The molecule has 124 valence electrons. The summed E-state index contributed by atoms with van der Waals surface area (Å²) in [6, 6.07) is 3.90. The van der Waals surface area contributed by atoms with Gasteiger partial charge in [0.15, 0.2) is 0 Å². The molecule has 1 atom stereocenters. The summed E-state index contributed by atoms with van der Waals surface area (Å²) in [6.07, 6.45) is 3.83. The Morgan fingerprint density at radius 2 is 2.00 bits per heavy atom. The monoisotopic (exact) mass is 341 g/mol. The van der Waals surface area contributed by atoms with E-state index in [0.717, 1.165) is 24.2 Å². The number of benzene rings is 1. The Balaban J connectivity index is 2.04. The Bertz CT molecular complexity index is 820. The van der Waals surface area contributed by atoms with Gasteiger partial charge in [0.1, 0.15) is 16.5 Å². The molecule has 23 heavy (non-hydrogen) atoms. The Hall–Kier alpha value is -1.80. The predicted octanol–water partition coefficient (Wildman–Crippen LogP) is 2.61. The van der Waals surface area contributed by atoms with Crippen LogP contribution in [0.2, 0.25) is 0 Å². The maximum atomic E-state index is 14.0. The van der Waals surface area contributed by atoms with Crippen LogP contribution in [0, 0.1) is 11.6 Å². The van der Waals surface area contributed by atoms with Gasteiger partial charge in [-0.3, -0.25) is 4.68 Å². The highest BCUT2D eigenvalue weighted by Gasteiger charge is 2.37. The van der Waals surface area contributed by atoms with E-state index in [4.69, 9.17) is 0 Å². The first-order valence-electron chi connectivity index (χ1n) is 7.36. The lowest BCUT2D eigenvalue weighted by Crippen LogP contribution is -2.39. The van der Waals surface area contributed by atoms with Gasteiger partial charge in [-0.25, -0.2) is 17.2 Å². The van der Waals surface area contributed by atoms with Crippen molar-refractivity contribution >= 4 is 10.0 Å². The van der Waals surface area contributed by atoms with Crippen LogP contribution in [-0.2, 0) is 17.1 Å². The molecule has 5 nitrogen and oxygen atoms in total. The normalized spacial score (nSPS) is 19.9. The second kappa shape index (κ2) is 6.01. The number of hydrogen-bond acceptors (Lipinski definition) is 3. The summed E-state index contributed by atoms with van der Waals surface area (Å²) in [4.78, 5) is -0.493. The molecule has 0 N–H and O–H groups in total. The molecule has 0 unspecified atom stereocenters. The van der Waals surface area contributed by atoms with E-state index < -0.39 is 32.6 Å². The minimum absolute atomic E-state index is 0.301. The number of aromatic nitrogens is 2. The molecule has 0 amide bonds. The quantitative estimate of drug-likeness (QED) is 0.862. The molecule has 1 fully saturated rings. The maximum Gasteiger partial charge on any atom is 0.246 e. The van der Waals surface area contributed by atoms with Crippen molar-refractivity contribution in [2.45, 2.75) is 30.2 Å². The SMILES string of the molecule is Cn1nccc1[C@H]1CCCCN1S(=O)(=O)c1ccc(F)cc1F. The van der Waals surface area contributed by atoms with Crippen molar-refractivity contribution in [2.24, 2.45) is 7.05 Å². The average molecular weight is 341 g/mol. The van der Waals surface area contributed by atoms with Gasteiger partial charge in [0.25, 0.3) is 0 Å². The molecule has 1 saturated heterocycles. The lowest BCUT2D eigenvalue weighted by molar-refractivity contribution is 0.245. The van der Waals surface area contributed by atoms with Crippen LogP contribution in [0.25, 0.3) is 0 Å². The van der Waals surface area contributed by atoms with Gasteiger partial charge in [0.2, 0.25) is 10.0 Å². The fourth-order valence-electron chi connectivity index (χ4n) is 3.01. The third-order valence-corrected chi connectivity index (χ3v) is 6.08. The largest absolute Gasteiger partial charge is 0.271 e. The topological polar surface area (TPSA) is 55.2 Å². The van der Waals surface area contributed by atoms with Crippen LogP contribution in [0.3, 0.4) is 0 Å². The Kier molecular flexibility index (Phi) is 4.20. The summed E-state index contributed by atoms with van der Waals surface area (Å²) >= 11 is 0. The average Bonchev–Trinajstić information content (AvgIpc) is 2.93. The van der Waals surface area contributed by atoms with Crippen molar-refractivity contribution in [2.75, 3.05) is 6.54 Å². The van der Waals surface area contributed by atoms with Gasteiger partial charge < -0.3 is 0 Å². The van der Waals surface area contributed by atoms with Gasteiger partial charge in [0, 0.05) is 25.9 Å². The summed E-state index contributed by atoms with van der Waals surface area (Å²) in [5.41, 5.74) is 0.760. The molecule has 0 bridgehead atoms. The van der Waals surface area contributed by atoms with Gasteiger partial charge in [-0.2, -0.15) is 9.40 Å². The molecule has 1 aromatic carbocycles. The molecular weight excluding hydrogens is 324 g/mol. The summed E-state index contributed by atoms with van der Waals surface area (Å²) in [5.74, 6) is -1.87. The first-order valence-corrected chi connectivity index (χ1v) is 8.80. The van der Waals surface area contributed by atoms with E-state index in [2.05, 4.69) is 5.10 Å². The van der Waals surface area contributed by atoms with Crippen LogP contribution in [0.4, 0.5) is 8.78 Å². The number of halogens is 2. The van der Waals surface area contributed by atoms with Gasteiger partial charge in [0.05, 0.1) is 11.7 Å². The Morgan fingerprint density at radius 1 is 1.22 bits per heavy atom. The van der Waals surface area contributed by atoms with Crippen LogP contribution < -0.4 is 0 Å². The second-order valence-electron chi connectivity index (χ2n) is 5.58. The smallest absolute Gasteiger partial charge is 0.246 e. The molecule has 1 aliphatic heterocycles. The highest BCUT2D eigenvalue weighted by molar-refractivity contribution is 7.89. The lowest BCUT2D eigenvalue weighted by atomic mass is 10.0. The van der Waals surface area contributed by atoms with Crippen LogP contribution in [-0.4, -0.2) is 29.0 Å². The Morgan fingerprint density at radius 3 is 2.65 bits per heavy atom. The van der Waals surface area contributed by atoms with E-state index in [-0.39, 0.29) is 0 Å². The van der Waals surface area contributed by atoms with Crippen molar-refractivity contribution in [1.29, 1.82) is 0 Å². The summed E-state index contributed by atoms with van der Waals surface area (Å²) < 4.78 is 55.7. The molecule has 1 aromatic heterocycles. The maximum absolute atomic E-state index is 14.0. The third kappa shape index (κ3) is 2.88. The fourth-order valence-corrected chi connectivity index (χ4v) is 4.73. The van der Waals surface area contributed by atoms with Crippen molar-refractivity contribution in [3.8, 4) is 0 Å². The van der Waals surface area contributed by atoms with Gasteiger partial charge in [-0.15, -0.1) is 0 Å². The zero-order chi connectivity index (χ0) is 16.6. The molecule has 8 heteroatoms. The van der Waals surface area contributed by atoms with E-state index in [1.54, 1.807) is 24.0 Å². The van der Waals surface area contributed by atoms with Crippen molar-refractivity contribution in [3.63, 3.8) is 0 Å². The molecular formula is C15H17F2N3O2S. The van der Waals surface area contributed by atoms with Crippen LogP contribution in [0.1, 0.15) is 31.0 Å². The number of sulfonamides is 1. The first kappa shape index (κ1) is 16.1. The predicted molar refractivity (Wildman–Crippen MR) is 80.0 cm³/mol. The fraction of sp³-hybridized carbons (Fsp3) is 0.400. The first-order chi connectivity index (χ1) is 10.9. The summed E-state index contributed by atoms with van der Waals surface area (Å²) in [6.45, 7) is 0.301. The number of aryl methyl sites for hydroxylation is 1. The van der Waals surface area contributed by atoms with Crippen LogP contribution >= 0.6 is 0 Å². The molecule has 0 aliphatic carbocycles. The molecule has 1 aliphatic rings. The summed E-state index contributed by atoms with van der Waals surface area (Å²) in [5, 5.41) is 4.08. The van der Waals surface area contributed by atoms with Crippen molar-refractivity contribution in [1.82, 2.24) is 14.1 Å². The van der Waals surface area contributed by atoms with Gasteiger partial charge in [-0.1, -0.05) is 6.42 Å². The van der Waals surface area contributed by atoms with E-state index in [1.165, 1.54) is 4.31 Å². The molecule has 2 aromatic rings. The second-order valence-corrected chi connectivity index (χ2v) is 7.44. The zero-order valence-electron chi connectivity index (χ0n) is 12.6. The molecule has 0 radical (unpaired) electrons. The number of rotatable bonds is 3. The van der Waals surface area contributed by atoms with Crippen molar-refractivity contribution in [3.05, 3.63) is 47.8 Å². The third-order valence-electron chi connectivity index (χ3n) is 4.13. The molecule has 2 heterocycles. The standard InChI is InChI=1S/C15H17F2N3O2S/c1-19-13(7-8-18-19)14-4-2-3-9-20(14)23(21,22)15-6-5-11(16)10-12(15)17/h5-8,10,14H,2-4,9H2,1H3/t14-/m1/s1.